The van der Waals surface area contributed by atoms with Gasteiger partial charge in [-0.3, -0.25) is 0 Å². The molecule has 1 heteroatoms. The molecule has 8 aromatic carbocycles. The highest BCUT2D eigenvalue weighted by atomic mass is 15.0. The second-order valence-electron chi connectivity index (χ2n) is 11.4. The first-order valence-corrected chi connectivity index (χ1v) is 14.9. The van der Waals surface area contributed by atoms with Crippen molar-refractivity contribution in [2.24, 2.45) is 0 Å². The fraction of sp³-hybridized carbons (Fsp3) is 0. The molecule has 0 amide bonds. The largest absolute Gasteiger partial charge is 0.309 e. The minimum Gasteiger partial charge on any atom is -0.309 e. The third kappa shape index (κ3) is 3.72. The van der Waals surface area contributed by atoms with Gasteiger partial charge in [0.2, 0.25) is 0 Å². The summed E-state index contributed by atoms with van der Waals surface area (Å²) in [6.45, 7) is 0. The maximum atomic E-state index is 2.43. The number of hydrogen-bond acceptors (Lipinski definition) is 0. The van der Waals surface area contributed by atoms with E-state index in [2.05, 4.69) is 168 Å². The Morgan fingerprint density at radius 3 is 1.40 bits per heavy atom. The molecule has 9 rings (SSSR count). The van der Waals surface area contributed by atoms with Crippen LogP contribution in [0.25, 0.3) is 82.1 Å². The topological polar surface area (TPSA) is 4.93 Å². The summed E-state index contributed by atoms with van der Waals surface area (Å²) in [5, 5.41) is 10.3. The average molecular weight is 546 g/mol. The van der Waals surface area contributed by atoms with Crippen LogP contribution in [0, 0.1) is 0 Å². The first-order chi connectivity index (χ1) is 21.3. The molecular weight excluding hydrogens is 518 g/mol. The standard InChI is InChI=1S/C42H27N/c1-3-11-28(12-4-1)30-19-22-35-36-23-21-32(27-39(36)34-16-8-7-15-33(34)38(35)25-30)43-41-18-10-9-17-37(41)40-26-31(20-24-42(40)43)29-13-5-2-6-14-29/h1-27H. The molecule has 0 radical (unpaired) electrons. The van der Waals surface area contributed by atoms with Crippen molar-refractivity contribution >= 4 is 54.1 Å². The van der Waals surface area contributed by atoms with Crippen LogP contribution < -0.4 is 0 Å². The molecule has 0 spiro atoms. The van der Waals surface area contributed by atoms with Crippen molar-refractivity contribution in [3.63, 3.8) is 0 Å². The Kier molecular flexibility index (Phi) is 5.27. The van der Waals surface area contributed by atoms with E-state index in [-0.39, 0.29) is 0 Å². The molecule has 0 atom stereocenters. The van der Waals surface area contributed by atoms with Crippen molar-refractivity contribution in [2.75, 3.05) is 0 Å². The van der Waals surface area contributed by atoms with E-state index in [0.717, 1.165) is 0 Å². The van der Waals surface area contributed by atoms with Crippen LogP contribution in [0.2, 0.25) is 0 Å². The highest BCUT2D eigenvalue weighted by molar-refractivity contribution is 6.26. The van der Waals surface area contributed by atoms with Gasteiger partial charge in [-0.05, 0) is 91.0 Å². The predicted octanol–water partition coefficient (Wildman–Crippen LogP) is 11.6. The van der Waals surface area contributed by atoms with Gasteiger partial charge in [0.1, 0.15) is 0 Å². The summed E-state index contributed by atoms with van der Waals surface area (Å²) in [5.74, 6) is 0. The lowest BCUT2D eigenvalue weighted by atomic mass is 9.92. The van der Waals surface area contributed by atoms with Gasteiger partial charge in [-0.25, -0.2) is 0 Å². The molecule has 0 aliphatic heterocycles. The van der Waals surface area contributed by atoms with Gasteiger partial charge in [0, 0.05) is 16.5 Å². The van der Waals surface area contributed by atoms with E-state index in [9.17, 15) is 0 Å². The van der Waals surface area contributed by atoms with Crippen molar-refractivity contribution in [1.82, 2.24) is 4.57 Å². The Labute approximate surface area is 249 Å². The Hall–Kier alpha value is -5.66. The smallest absolute Gasteiger partial charge is 0.0541 e. The number of rotatable bonds is 3. The molecule has 0 N–H and O–H groups in total. The zero-order chi connectivity index (χ0) is 28.3. The molecule has 0 saturated carbocycles. The Balaban J connectivity index is 1.31. The van der Waals surface area contributed by atoms with Crippen molar-refractivity contribution < 1.29 is 0 Å². The lowest BCUT2D eigenvalue weighted by molar-refractivity contribution is 1.19. The molecule has 0 fully saturated rings. The molecule has 0 aliphatic rings. The molecule has 1 heterocycles. The van der Waals surface area contributed by atoms with Crippen LogP contribution >= 0.6 is 0 Å². The Morgan fingerprint density at radius 1 is 0.256 bits per heavy atom. The molecule has 0 aliphatic carbocycles. The van der Waals surface area contributed by atoms with Crippen molar-refractivity contribution in [3.8, 4) is 27.9 Å². The highest BCUT2D eigenvalue weighted by Crippen LogP contribution is 2.40. The molecule has 0 bridgehead atoms. The molecule has 9 aromatic rings. The second-order valence-corrected chi connectivity index (χ2v) is 11.4. The molecule has 0 saturated heterocycles. The number of aromatic nitrogens is 1. The maximum Gasteiger partial charge on any atom is 0.0541 e. The summed E-state index contributed by atoms with van der Waals surface area (Å²) in [4.78, 5) is 0. The SMILES string of the molecule is c1ccc(-c2ccc3c4ccc(-n5c6ccccc6c6cc(-c7ccccc7)ccc65)cc4c4ccccc4c3c2)cc1. The Morgan fingerprint density at radius 2 is 0.721 bits per heavy atom. The van der Waals surface area contributed by atoms with Crippen molar-refractivity contribution in [3.05, 3.63) is 164 Å². The summed E-state index contributed by atoms with van der Waals surface area (Å²) >= 11 is 0. The lowest BCUT2D eigenvalue weighted by Crippen LogP contribution is -1.94. The van der Waals surface area contributed by atoms with E-state index in [1.807, 2.05) is 0 Å². The van der Waals surface area contributed by atoms with Crippen molar-refractivity contribution in [1.29, 1.82) is 0 Å². The molecule has 1 nitrogen and oxygen atoms in total. The highest BCUT2D eigenvalue weighted by Gasteiger charge is 2.15. The fourth-order valence-electron chi connectivity index (χ4n) is 6.96. The van der Waals surface area contributed by atoms with Gasteiger partial charge in [0.15, 0.2) is 0 Å². The van der Waals surface area contributed by atoms with E-state index in [1.54, 1.807) is 0 Å². The first-order valence-electron chi connectivity index (χ1n) is 14.9. The van der Waals surface area contributed by atoms with Gasteiger partial charge < -0.3 is 4.57 Å². The quantitative estimate of drug-likeness (QED) is 0.195. The van der Waals surface area contributed by atoms with Crippen LogP contribution in [0.4, 0.5) is 0 Å². The van der Waals surface area contributed by atoms with Gasteiger partial charge in [-0.15, -0.1) is 0 Å². The summed E-state index contributed by atoms with van der Waals surface area (Å²) in [7, 11) is 0. The van der Waals surface area contributed by atoms with Gasteiger partial charge in [-0.1, -0.05) is 127 Å². The van der Waals surface area contributed by atoms with Crippen LogP contribution in [0.5, 0.6) is 0 Å². The number of benzene rings is 8. The summed E-state index contributed by atoms with van der Waals surface area (Å²) < 4.78 is 2.43. The normalized spacial score (nSPS) is 11.7. The minimum atomic E-state index is 1.18. The summed E-state index contributed by atoms with van der Waals surface area (Å²) in [5.41, 5.74) is 8.58. The lowest BCUT2D eigenvalue weighted by Gasteiger charge is -2.15. The van der Waals surface area contributed by atoms with Crippen LogP contribution in [0.15, 0.2) is 164 Å². The number of fused-ring (bicyclic) bond motifs is 9. The maximum absolute atomic E-state index is 2.43. The molecule has 43 heavy (non-hydrogen) atoms. The predicted molar refractivity (Wildman–Crippen MR) is 184 cm³/mol. The zero-order valence-electron chi connectivity index (χ0n) is 23.5. The summed E-state index contributed by atoms with van der Waals surface area (Å²) in [6.07, 6.45) is 0. The summed E-state index contributed by atoms with van der Waals surface area (Å²) in [6, 6.07) is 59.7. The average Bonchev–Trinajstić information content (AvgIpc) is 3.42. The van der Waals surface area contributed by atoms with Crippen molar-refractivity contribution in [2.45, 2.75) is 0 Å². The van der Waals surface area contributed by atoms with Crippen LogP contribution in [0.1, 0.15) is 0 Å². The molecule has 200 valence electrons. The van der Waals surface area contributed by atoms with E-state index in [1.165, 1.54) is 82.1 Å². The molecule has 0 unspecified atom stereocenters. The first kappa shape index (κ1) is 24.0. The number of nitrogens with zero attached hydrogens (tertiary/aromatic N) is 1. The van der Waals surface area contributed by atoms with Gasteiger partial charge in [-0.2, -0.15) is 0 Å². The van der Waals surface area contributed by atoms with E-state index < -0.39 is 0 Å². The third-order valence-electron chi connectivity index (χ3n) is 8.97. The second kappa shape index (κ2) is 9.44. The van der Waals surface area contributed by atoms with Crippen LogP contribution in [-0.4, -0.2) is 4.57 Å². The fourth-order valence-corrected chi connectivity index (χ4v) is 6.96. The monoisotopic (exact) mass is 545 g/mol. The van der Waals surface area contributed by atoms with Crippen LogP contribution in [-0.2, 0) is 0 Å². The number of para-hydroxylation sites is 1. The zero-order valence-corrected chi connectivity index (χ0v) is 23.5. The molecular formula is C42H27N. The van der Waals surface area contributed by atoms with E-state index in [4.69, 9.17) is 0 Å². The Bertz CT molecular complexity index is 2460. The minimum absolute atomic E-state index is 1.18. The van der Waals surface area contributed by atoms with Gasteiger partial charge in [0.25, 0.3) is 0 Å². The van der Waals surface area contributed by atoms with E-state index in [0.29, 0.717) is 0 Å². The molecule has 1 aromatic heterocycles. The number of hydrogen-bond donors (Lipinski definition) is 0. The van der Waals surface area contributed by atoms with E-state index >= 15 is 0 Å². The van der Waals surface area contributed by atoms with Gasteiger partial charge >= 0.3 is 0 Å². The van der Waals surface area contributed by atoms with Crippen LogP contribution in [0.3, 0.4) is 0 Å². The third-order valence-corrected chi connectivity index (χ3v) is 8.97. The van der Waals surface area contributed by atoms with Gasteiger partial charge in [0.05, 0.1) is 11.0 Å².